The van der Waals surface area contributed by atoms with Crippen molar-refractivity contribution in [1.82, 2.24) is 6.15 Å². The van der Waals surface area contributed by atoms with Crippen molar-refractivity contribution in [1.29, 1.82) is 0 Å². The summed E-state index contributed by atoms with van der Waals surface area (Å²) in [4.78, 5) is 0. The van der Waals surface area contributed by atoms with E-state index in [-0.39, 0.29) is 12.6 Å². The maximum absolute atomic E-state index is 11.7. The molecule has 1 unspecified atom stereocenters. The monoisotopic (exact) mass is 692 g/mol. The van der Waals surface area contributed by atoms with E-state index in [0.29, 0.717) is 12.8 Å². The Morgan fingerprint density at radius 3 is 0.894 bits per heavy atom. The van der Waals surface area contributed by atoms with Crippen molar-refractivity contribution in [2.45, 2.75) is 257 Å². The van der Waals surface area contributed by atoms with Crippen LogP contribution in [0.1, 0.15) is 245 Å². The second-order valence-electron chi connectivity index (χ2n) is 14.8. The van der Waals surface area contributed by atoms with Crippen molar-refractivity contribution in [3.05, 3.63) is 0 Å². The molecule has 6 nitrogen and oxygen atoms in total. The Hall–Kier alpha value is -0.210. The first-order valence-electron chi connectivity index (χ1n) is 20.6. The molecular weight excluding hydrogens is 607 g/mol. The molecule has 7 heteroatoms. The molecule has 0 rings (SSSR count). The molecule has 0 aliphatic carbocycles. The molecule has 286 valence electrons. The van der Waals surface area contributed by atoms with Gasteiger partial charge in [-0.2, -0.15) is 0 Å². The summed E-state index contributed by atoms with van der Waals surface area (Å²) in [6.45, 7) is 6.21. The fourth-order valence-corrected chi connectivity index (χ4v) is 7.86. The lowest BCUT2D eigenvalue weighted by molar-refractivity contribution is -0.00474. The zero-order valence-corrected chi connectivity index (χ0v) is 33.1. The lowest BCUT2D eigenvalue weighted by atomic mass is 9.85. The molecule has 0 heterocycles. The molecule has 0 spiro atoms. The maximum atomic E-state index is 11.7. The van der Waals surface area contributed by atoms with Gasteiger partial charge in [0.25, 0.3) is 0 Å². The van der Waals surface area contributed by atoms with E-state index in [9.17, 15) is 18.1 Å². The van der Waals surface area contributed by atoms with E-state index in [1.807, 2.05) is 0 Å². The van der Waals surface area contributed by atoms with Gasteiger partial charge in [-0.1, -0.05) is 219 Å². The third-order valence-corrected chi connectivity index (χ3v) is 10.5. The van der Waals surface area contributed by atoms with Gasteiger partial charge in [-0.3, -0.25) is 4.18 Å². The molecule has 0 amide bonds. The number of unbranched alkanes of at least 4 members (excludes halogenated alkanes) is 30. The number of rotatable bonds is 38. The van der Waals surface area contributed by atoms with Crippen LogP contribution in [0.15, 0.2) is 0 Å². The predicted octanol–water partition coefficient (Wildman–Crippen LogP) is 13.7. The number of aliphatic hydroxyl groups is 1. The van der Waals surface area contributed by atoms with Crippen LogP contribution in [0.3, 0.4) is 0 Å². The van der Waals surface area contributed by atoms with Crippen LogP contribution >= 0.6 is 0 Å². The summed E-state index contributed by atoms with van der Waals surface area (Å²) in [6, 6.07) is 0. The molecule has 0 aliphatic rings. The quantitative estimate of drug-likeness (QED) is 0.0379. The van der Waals surface area contributed by atoms with E-state index in [4.69, 9.17) is 4.18 Å². The molecule has 0 aromatic rings. The highest BCUT2D eigenvalue weighted by Crippen LogP contribution is 2.33. The van der Waals surface area contributed by atoms with Gasteiger partial charge in [0.15, 0.2) is 0 Å². The Kier molecular flexibility index (Phi) is 37.1. The number of hydrogen-bond donors (Lipinski definition) is 2. The first-order valence-corrected chi connectivity index (χ1v) is 21.9. The van der Waals surface area contributed by atoms with E-state index in [2.05, 4.69) is 13.8 Å². The van der Waals surface area contributed by atoms with Crippen LogP contribution < -0.4 is 6.15 Å². The zero-order valence-electron chi connectivity index (χ0n) is 32.3. The number of aliphatic hydroxyl groups excluding tert-OH is 1. The van der Waals surface area contributed by atoms with Crippen LogP contribution in [0.25, 0.3) is 0 Å². The second-order valence-corrected chi connectivity index (χ2v) is 15.8. The molecule has 47 heavy (non-hydrogen) atoms. The largest absolute Gasteiger partial charge is 0.726 e. The van der Waals surface area contributed by atoms with Crippen molar-refractivity contribution >= 4 is 10.4 Å². The Morgan fingerprint density at radius 1 is 0.489 bits per heavy atom. The third-order valence-electron chi connectivity index (χ3n) is 9.92. The normalized spacial score (nSPS) is 12.8. The van der Waals surface area contributed by atoms with Crippen molar-refractivity contribution in [2.75, 3.05) is 0 Å². The summed E-state index contributed by atoms with van der Waals surface area (Å²) in [5.41, 5.74) is -1.07. The fraction of sp³-hybridized carbons (Fsp3) is 1.00. The van der Waals surface area contributed by atoms with Gasteiger partial charge in [0.05, 0.1) is 11.7 Å². The van der Waals surface area contributed by atoms with E-state index in [1.54, 1.807) is 6.92 Å². The molecule has 5 N–H and O–H groups in total. The second kappa shape index (κ2) is 35.6. The fourth-order valence-electron chi connectivity index (χ4n) is 7.19. The molecule has 0 radical (unpaired) electrons. The van der Waals surface area contributed by atoms with Gasteiger partial charge in [-0.25, -0.2) is 8.42 Å². The van der Waals surface area contributed by atoms with Gasteiger partial charge in [-0.15, -0.1) is 0 Å². The van der Waals surface area contributed by atoms with E-state index in [0.717, 1.165) is 38.5 Å². The summed E-state index contributed by atoms with van der Waals surface area (Å²) in [6.07, 6.45) is 41.6. The van der Waals surface area contributed by atoms with Crippen LogP contribution in [-0.2, 0) is 14.6 Å². The van der Waals surface area contributed by atoms with Crippen molar-refractivity contribution in [3.63, 3.8) is 0 Å². The molecule has 1 atom stereocenters. The summed E-state index contributed by atoms with van der Waals surface area (Å²) in [7, 11) is -4.83. The minimum atomic E-state index is -4.83. The highest BCUT2D eigenvalue weighted by molar-refractivity contribution is 7.80. The predicted molar refractivity (Wildman–Crippen MR) is 204 cm³/mol. The summed E-state index contributed by atoms with van der Waals surface area (Å²) in [5, 5.41) is 10.2. The van der Waals surface area contributed by atoms with E-state index >= 15 is 0 Å². The first kappa shape index (κ1) is 48.9. The maximum Gasteiger partial charge on any atom is 0.218 e. The molecule has 0 aromatic heterocycles. The number of quaternary nitrogens is 1. The number of hydrogen-bond acceptors (Lipinski definition) is 5. The lowest BCUT2D eigenvalue weighted by Gasteiger charge is -2.35. The first-order chi connectivity index (χ1) is 22.2. The smallest absolute Gasteiger partial charge is 0.218 e. The summed E-state index contributed by atoms with van der Waals surface area (Å²) >= 11 is 0. The lowest BCUT2D eigenvalue weighted by Crippen LogP contribution is -2.38. The van der Waals surface area contributed by atoms with E-state index < -0.39 is 22.1 Å². The van der Waals surface area contributed by atoms with Gasteiger partial charge < -0.3 is 15.8 Å². The Balaban J connectivity index is 0. The van der Waals surface area contributed by atoms with Gasteiger partial charge in [-0.05, 0) is 19.8 Å². The summed E-state index contributed by atoms with van der Waals surface area (Å²) < 4.78 is 40.4. The average Bonchev–Trinajstić information content (AvgIpc) is 2.99. The summed E-state index contributed by atoms with van der Waals surface area (Å²) in [5.74, 6) is 0. The van der Waals surface area contributed by atoms with Crippen LogP contribution in [-0.4, -0.2) is 29.8 Å². The van der Waals surface area contributed by atoms with Crippen LogP contribution in [0.4, 0.5) is 0 Å². The van der Waals surface area contributed by atoms with Gasteiger partial charge in [0.1, 0.15) is 0 Å². The highest BCUT2D eigenvalue weighted by atomic mass is 32.3. The Bertz CT molecular complexity index is 679. The highest BCUT2D eigenvalue weighted by Gasteiger charge is 2.34. The molecule has 0 saturated heterocycles. The molecule has 0 bridgehead atoms. The van der Waals surface area contributed by atoms with Gasteiger partial charge >= 0.3 is 0 Å². The SMILES string of the molecule is CCCCCCCCCCCCCCCCCCC(CCCCCCCCCCCCCCCCCC)(CC(C)O)OS(=O)(=O)[O-].[NH4+]. The molecule has 0 aromatic carbocycles. The molecule has 0 saturated carbocycles. The minimum absolute atomic E-state index is 0. The van der Waals surface area contributed by atoms with Crippen molar-refractivity contribution < 1.29 is 22.3 Å². The molecular formula is C40H85NO5S. The molecule has 0 aliphatic heterocycles. The van der Waals surface area contributed by atoms with Crippen LogP contribution in [0, 0.1) is 0 Å². The zero-order chi connectivity index (χ0) is 34.0. The average molecular weight is 692 g/mol. The standard InChI is InChI=1S/C40H82O5S.H3N/c1-4-6-8-10-12-14-16-18-20-22-24-26-28-30-32-34-36-40(38-39(3)41,45-46(42,43)44)37-35-33-31-29-27-25-23-21-19-17-15-13-11-9-7-5-2;/h39,41H,4-38H2,1-3H3,(H,42,43,44);1H3. The topological polar surface area (TPSA) is 123 Å². The van der Waals surface area contributed by atoms with Gasteiger partial charge in [0.2, 0.25) is 10.4 Å². The Morgan fingerprint density at radius 2 is 0.702 bits per heavy atom. The third kappa shape index (κ3) is 36.9. The minimum Gasteiger partial charge on any atom is -0.726 e. The molecule has 0 fully saturated rings. The van der Waals surface area contributed by atoms with Crippen molar-refractivity contribution in [2.24, 2.45) is 0 Å². The van der Waals surface area contributed by atoms with E-state index in [1.165, 1.54) is 167 Å². The van der Waals surface area contributed by atoms with Crippen LogP contribution in [0.2, 0.25) is 0 Å². The van der Waals surface area contributed by atoms with Crippen molar-refractivity contribution in [3.8, 4) is 0 Å². The van der Waals surface area contributed by atoms with Crippen LogP contribution in [0.5, 0.6) is 0 Å². The van der Waals surface area contributed by atoms with Gasteiger partial charge in [0, 0.05) is 6.42 Å². The Labute approximate surface area is 295 Å².